The van der Waals surface area contributed by atoms with Crippen molar-refractivity contribution in [1.29, 1.82) is 0 Å². The minimum Gasteiger partial charge on any atom is -0.494 e. The van der Waals surface area contributed by atoms with Crippen molar-refractivity contribution in [2.75, 3.05) is 43.5 Å². The fraction of sp³-hybridized carbons (Fsp3) is 0.238. The molecule has 0 bridgehead atoms. The SMILES string of the molecule is COc1ccc(C(=O)N2CCN(c3ccc(Nc4cccnc4)nn3)CC2)cc1F. The number of rotatable bonds is 5. The van der Waals surface area contributed by atoms with Gasteiger partial charge in [0.25, 0.3) is 5.91 Å². The second kappa shape index (κ2) is 8.73. The third-order valence-electron chi connectivity index (χ3n) is 4.87. The summed E-state index contributed by atoms with van der Waals surface area (Å²) in [4.78, 5) is 20.5. The van der Waals surface area contributed by atoms with E-state index in [-0.39, 0.29) is 11.7 Å². The lowest BCUT2D eigenvalue weighted by Crippen LogP contribution is -2.49. The van der Waals surface area contributed by atoms with E-state index in [1.807, 2.05) is 24.3 Å². The molecule has 0 atom stereocenters. The highest BCUT2D eigenvalue weighted by molar-refractivity contribution is 5.94. The molecule has 3 aromatic rings. The van der Waals surface area contributed by atoms with Crippen molar-refractivity contribution in [3.8, 4) is 5.75 Å². The van der Waals surface area contributed by atoms with E-state index in [4.69, 9.17) is 4.74 Å². The largest absolute Gasteiger partial charge is 0.494 e. The van der Waals surface area contributed by atoms with E-state index < -0.39 is 5.82 Å². The molecule has 1 fully saturated rings. The van der Waals surface area contributed by atoms with Crippen molar-refractivity contribution in [2.45, 2.75) is 0 Å². The van der Waals surface area contributed by atoms with Gasteiger partial charge in [-0.15, -0.1) is 10.2 Å². The summed E-state index contributed by atoms with van der Waals surface area (Å²) in [5, 5.41) is 11.6. The first-order valence-corrected chi connectivity index (χ1v) is 9.52. The monoisotopic (exact) mass is 408 g/mol. The predicted molar refractivity (Wildman–Crippen MR) is 111 cm³/mol. The Morgan fingerprint density at radius 2 is 1.93 bits per heavy atom. The molecule has 0 saturated carbocycles. The number of nitrogens with one attached hydrogen (secondary N) is 1. The van der Waals surface area contributed by atoms with E-state index in [2.05, 4.69) is 25.4 Å². The molecule has 3 heterocycles. The van der Waals surface area contributed by atoms with Crippen LogP contribution in [0.15, 0.2) is 54.9 Å². The Balaban J connectivity index is 1.35. The maximum atomic E-state index is 13.9. The molecule has 0 radical (unpaired) electrons. The van der Waals surface area contributed by atoms with Crippen molar-refractivity contribution < 1.29 is 13.9 Å². The van der Waals surface area contributed by atoms with Gasteiger partial charge >= 0.3 is 0 Å². The number of ether oxygens (including phenoxy) is 1. The lowest BCUT2D eigenvalue weighted by atomic mass is 10.1. The Morgan fingerprint density at radius 3 is 2.57 bits per heavy atom. The third-order valence-corrected chi connectivity index (χ3v) is 4.87. The van der Waals surface area contributed by atoms with Gasteiger partial charge < -0.3 is 19.9 Å². The number of nitrogens with zero attached hydrogens (tertiary/aromatic N) is 5. The zero-order valence-corrected chi connectivity index (χ0v) is 16.5. The molecule has 0 spiro atoms. The average molecular weight is 408 g/mol. The number of carbonyl (C=O) groups is 1. The molecule has 1 amide bonds. The molecule has 0 aliphatic carbocycles. The summed E-state index contributed by atoms with van der Waals surface area (Å²) < 4.78 is 18.8. The van der Waals surface area contributed by atoms with Crippen LogP contribution in [0.25, 0.3) is 0 Å². The maximum Gasteiger partial charge on any atom is 0.254 e. The molecular formula is C21H21FN6O2. The highest BCUT2D eigenvalue weighted by atomic mass is 19.1. The Hall–Kier alpha value is -3.75. The van der Waals surface area contributed by atoms with E-state index in [0.717, 1.165) is 11.5 Å². The van der Waals surface area contributed by atoms with Crippen molar-refractivity contribution in [2.24, 2.45) is 0 Å². The van der Waals surface area contributed by atoms with Crippen LogP contribution in [0.4, 0.5) is 21.7 Å². The van der Waals surface area contributed by atoms with Crippen LogP contribution in [0.2, 0.25) is 0 Å². The average Bonchev–Trinajstić information content (AvgIpc) is 2.80. The number of methoxy groups -OCH3 is 1. The van der Waals surface area contributed by atoms with Gasteiger partial charge in [0.15, 0.2) is 23.2 Å². The van der Waals surface area contributed by atoms with E-state index in [1.54, 1.807) is 23.4 Å². The van der Waals surface area contributed by atoms with Crippen LogP contribution in [0, 0.1) is 5.82 Å². The van der Waals surface area contributed by atoms with Crippen LogP contribution in [0.3, 0.4) is 0 Å². The summed E-state index contributed by atoms with van der Waals surface area (Å²) in [6.07, 6.45) is 3.41. The normalized spacial score (nSPS) is 13.8. The number of carbonyl (C=O) groups excluding carboxylic acids is 1. The van der Waals surface area contributed by atoms with Gasteiger partial charge in [-0.1, -0.05) is 0 Å². The van der Waals surface area contributed by atoms with Gasteiger partial charge in [0, 0.05) is 37.9 Å². The van der Waals surface area contributed by atoms with Crippen LogP contribution in [0.1, 0.15) is 10.4 Å². The molecule has 1 N–H and O–H groups in total. The number of piperazine rings is 1. The van der Waals surface area contributed by atoms with E-state index in [0.29, 0.717) is 37.6 Å². The summed E-state index contributed by atoms with van der Waals surface area (Å²) in [5.74, 6) is 0.753. The van der Waals surface area contributed by atoms with Crippen molar-refractivity contribution >= 4 is 23.2 Å². The van der Waals surface area contributed by atoms with E-state index >= 15 is 0 Å². The number of pyridine rings is 1. The molecule has 0 unspecified atom stereocenters. The lowest BCUT2D eigenvalue weighted by molar-refractivity contribution is 0.0746. The second-order valence-electron chi connectivity index (χ2n) is 6.77. The number of benzene rings is 1. The molecule has 1 saturated heterocycles. The summed E-state index contributed by atoms with van der Waals surface area (Å²) >= 11 is 0. The lowest BCUT2D eigenvalue weighted by Gasteiger charge is -2.35. The molecule has 1 aromatic carbocycles. The Kier molecular flexibility index (Phi) is 5.69. The van der Waals surface area contributed by atoms with Crippen LogP contribution in [0.5, 0.6) is 5.75 Å². The van der Waals surface area contributed by atoms with Gasteiger partial charge in [0.1, 0.15) is 0 Å². The smallest absolute Gasteiger partial charge is 0.254 e. The standard InChI is InChI=1S/C21H21FN6O2/c1-30-18-5-4-15(13-17(18)22)21(29)28-11-9-27(10-12-28)20-7-6-19(25-26-20)24-16-3-2-8-23-14-16/h2-8,13-14H,9-12H2,1H3,(H,24,25). The third kappa shape index (κ3) is 4.29. The number of halogens is 1. The van der Waals surface area contributed by atoms with Crippen LogP contribution in [-0.2, 0) is 0 Å². The van der Waals surface area contributed by atoms with Gasteiger partial charge in [-0.05, 0) is 42.5 Å². The first kappa shape index (κ1) is 19.6. The molecule has 4 rings (SSSR count). The number of aromatic nitrogens is 3. The fourth-order valence-electron chi connectivity index (χ4n) is 3.27. The number of hydrogen-bond acceptors (Lipinski definition) is 7. The van der Waals surface area contributed by atoms with Crippen LogP contribution in [-0.4, -0.2) is 59.3 Å². The van der Waals surface area contributed by atoms with E-state index in [1.165, 1.54) is 19.2 Å². The minimum atomic E-state index is -0.544. The van der Waals surface area contributed by atoms with Gasteiger partial charge in [-0.25, -0.2) is 4.39 Å². The van der Waals surface area contributed by atoms with Crippen molar-refractivity contribution in [3.05, 3.63) is 66.2 Å². The first-order chi connectivity index (χ1) is 14.6. The Bertz CT molecular complexity index is 1010. The fourth-order valence-corrected chi connectivity index (χ4v) is 3.27. The number of anilines is 3. The Morgan fingerprint density at radius 1 is 1.10 bits per heavy atom. The molecule has 30 heavy (non-hydrogen) atoms. The molecular weight excluding hydrogens is 387 g/mol. The quantitative estimate of drug-likeness (QED) is 0.695. The van der Waals surface area contributed by atoms with Crippen LogP contribution < -0.4 is 15.0 Å². The highest BCUT2D eigenvalue weighted by Gasteiger charge is 2.23. The zero-order valence-electron chi connectivity index (χ0n) is 16.5. The maximum absolute atomic E-state index is 13.9. The highest BCUT2D eigenvalue weighted by Crippen LogP contribution is 2.21. The Labute approximate surface area is 173 Å². The topological polar surface area (TPSA) is 83.5 Å². The summed E-state index contributed by atoms with van der Waals surface area (Å²) in [5.41, 5.74) is 1.15. The number of hydrogen-bond donors (Lipinski definition) is 1. The second-order valence-corrected chi connectivity index (χ2v) is 6.77. The molecule has 1 aliphatic heterocycles. The minimum absolute atomic E-state index is 0.122. The van der Waals surface area contributed by atoms with Crippen molar-refractivity contribution in [3.63, 3.8) is 0 Å². The first-order valence-electron chi connectivity index (χ1n) is 9.52. The van der Waals surface area contributed by atoms with Gasteiger partial charge in [-0.2, -0.15) is 0 Å². The van der Waals surface area contributed by atoms with Crippen molar-refractivity contribution in [1.82, 2.24) is 20.1 Å². The van der Waals surface area contributed by atoms with Gasteiger partial charge in [0.05, 0.1) is 19.0 Å². The van der Waals surface area contributed by atoms with Gasteiger partial charge in [0.2, 0.25) is 0 Å². The molecule has 9 heteroatoms. The zero-order chi connectivity index (χ0) is 20.9. The van der Waals surface area contributed by atoms with E-state index in [9.17, 15) is 9.18 Å². The molecule has 154 valence electrons. The molecule has 2 aromatic heterocycles. The molecule has 1 aliphatic rings. The van der Waals surface area contributed by atoms with Crippen LogP contribution >= 0.6 is 0 Å². The predicted octanol–water partition coefficient (Wildman–Crippen LogP) is 2.73. The summed E-state index contributed by atoms with van der Waals surface area (Å²) in [6.45, 7) is 2.27. The van der Waals surface area contributed by atoms with Gasteiger partial charge in [-0.3, -0.25) is 9.78 Å². The number of amides is 1. The molecule has 8 nitrogen and oxygen atoms in total. The summed E-state index contributed by atoms with van der Waals surface area (Å²) in [7, 11) is 1.39. The summed E-state index contributed by atoms with van der Waals surface area (Å²) in [6, 6.07) is 11.7.